The summed E-state index contributed by atoms with van der Waals surface area (Å²) in [5.41, 5.74) is -0.316. The molecule has 6 aromatic rings. The van der Waals surface area contributed by atoms with Crippen molar-refractivity contribution in [1.82, 2.24) is 0 Å². The van der Waals surface area contributed by atoms with Gasteiger partial charge in [-0.2, -0.15) is 0 Å². The molecule has 7 rings (SSSR count). The van der Waals surface area contributed by atoms with E-state index in [-0.39, 0.29) is 31.5 Å². The minimum absolute atomic E-state index is 0.0510. The number of carbonyl (C=O) groups is 1. The van der Waals surface area contributed by atoms with Gasteiger partial charge in [0.25, 0.3) is 17.1 Å². The van der Waals surface area contributed by atoms with Crippen molar-refractivity contribution < 1.29 is 19.6 Å². The Bertz CT molecular complexity index is 2230. The van der Waals surface area contributed by atoms with Crippen LogP contribution >= 0.6 is 22.6 Å². The molecular weight excluding hydrogens is 665 g/mol. The smallest absolute Gasteiger partial charge is 0.284 e. The zero-order valence-electron chi connectivity index (χ0n) is 22.2. The normalized spacial score (nSPS) is 11.6. The number of nitrogens with zero attached hydrogens (tertiary/aromatic N) is 3. The number of fused-ring (bicyclic) bond motifs is 7. The van der Waals surface area contributed by atoms with Crippen LogP contribution in [-0.4, -0.2) is 20.6 Å². The zero-order chi connectivity index (χ0) is 30.6. The summed E-state index contributed by atoms with van der Waals surface area (Å²) in [6.07, 6.45) is 0. The van der Waals surface area contributed by atoms with Gasteiger partial charge in [-0.15, -0.1) is 0 Å². The second-order valence-electron chi connectivity index (χ2n) is 10.00. The van der Waals surface area contributed by atoms with Crippen LogP contribution in [0.3, 0.4) is 0 Å². The van der Waals surface area contributed by atoms with Crippen LogP contribution in [0.15, 0.2) is 91.0 Å². The minimum Gasteiger partial charge on any atom is -0.289 e. The van der Waals surface area contributed by atoms with Gasteiger partial charge < -0.3 is 0 Å². The molecule has 0 saturated carbocycles. The number of non-ortho nitro benzene ring substituents is 2. The predicted molar refractivity (Wildman–Crippen MR) is 172 cm³/mol. The predicted octanol–water partition coefficient (Wildman–Crippen LogP) is 8.68. The van der Waals surface area contributed by atoms with Crippen LogP contribution in [0.2, 0.25) is 0 Å². The average molecular weight is 683 g/mol. The lowest BCUT2D eigenvalue weighted by Gasteiger charge is -2.08. The largest absolute Gasteiger partial charge is 0.289 e. The number of nitro benzene ring substituents is 3. The maximum atomic E-state index is 12.5. The molecule has 0 aromatic heterocycles. The molecule has 1 aliphatic carbocycles. The Labute approximate surface area is 256 Å². The Morgan fingerprint density at radius 2 is 1.19 bits per heavy atom. The molecule has 0 spiro atoms. The second-order valence-corrected chi connectivity index (χ2v) is 11.2. The number of ketones is 1. The molecule has 0 aliphatic heterocycles. The van der Waals surface area contributed by atoms with Crippen LogP contribution in [0.5, 0.6) is 0 Å². The Hall–Kier alpha value is -5.30. The van der Waals surface area contributed by atoms with E-state index < -0.39 is 31.9 Å². The van der Waals surface area contributed by atoms with Gasteiger partial charge in [0.2, 0.25) is 0 Å². The lowest BCUT2D eigenvalue weighted by atomic mass is 9.96. The Morgan fingerprint density at radius 3 is 1.84 bits per heavy atom. The molecule has 0 fully saturated rings. The van der Waals surface area contributed by atoms with Gasteiger partial charge in [-0.25, -0.2) is 0 Å². The van der Waals surface area contributed by atoms with Crippen LogP contribution in [0.1, 0.15) is 21.5 Å². The second kappa shape index (κ2) is 10.5. The first-order chi connectivity index (χ1) is 20.5. The van der Waals surface area contributed by atoms with E-state index in [9.17, 15) is 35.1 Å². The van der Waals surface area contributed by atoms with Crippen molar-refractivity contribution >= 4 is 77.8 Å². The summed E-state index contributed by atoms with van der Waals surface area (Å²) >= 11 is 1.74. The molecule has 11 heteroatoms. The summed E-state index contributed by atoms with van der Waals surface area (Å²) in [4.78, 5) is 43.3. The topological polar surface area (TPSA) is 146 Å². The van der Waals surface area contributed by atoms with Crippen molar-refractivity contribution in [1.29, 1.82) is 0 Å². The number of hydrogen-bond acceptors (Lipinski definition) is 7. The summed E-state index contributed by atoms with van der Waals surface area (Å²) in [6.45, 7) is 2.19. The highest BCUT2D eigenvalue weighted by Crippen LogP contribution is 2.47. The maximum Gasteiger partial charge on any atom is 0.284 e. The highest BCUT2D eigenvalue weighted by molar-refractivity contribution is 14.1. The molecule has 1 aliphatic rings. The first-order valence-electron chi connectivity index (χ1n) is 12.9. The van der Waals surface area contributed by atoms with E-state index in [0.717, 1.165) is 18.2 Å². The molecule has 0 radical (unpaired) electrons. The van der Waals surface area contributed by atoms with E-state index in [1.165, 1.54) is 43.9 Å². The lowest BCUT2D eigenvalue weighted by Crippen LogP contribution is -2.00. The third kappa shape index (κ3) is 4.73. The van der Waals surface area contributed by atoms with E-state index in [2.05, 4.69) is 73.7 Å². The molecule has 0 heterocycles. The van der Waals surface area contributed by atoms with Gasteiger partial charge in [-0.3, -0.25) is 35.1 Å². The van der Waals surface area contributed by atoms with E-state index in [4.69, 9.17) is 0 Å². The quantitative estimate of drug-likeness (QED) is 0.0595. The lowest BCUT2D eigenvalue weighted by molar-refractivity contribution is -0.393. The molecule has 0 bridgehead atoms. The Balaban J connectivity index is 0.000000157. The molecule has 43 heavy (non-hydrogen) atoms. The molecule has 0 atom stereocenters. The van der Waals surface area contributed by atoms with Gasteiger partial charge in [-0.1, -0.05) is 54.6 Å². The molecule has 0 saturated heterocycles. The summed E-state index contributed by atoms with van der Waals surface area (Å²) in [5, 5.41) is 41.2. The van der Waals surface area contributed by atoms with Gasteiger partial charge in [0.05, 0.1) is 26.4 Å². The van der Waals surface area contributed by atoms with Gasteiger partial charge in [-0.05, 0) is 79.5 Å². The van der Waals surface area contributed by atoms with E-state index in [0.29, 0.717) is 0 Å². The monoisotopic (exact) mass is 683 g/mol. The number of rotatable bonds is 3. The van der Waals surface area contributed by atoms with Gasteiger partial charge in [0, 0.05) is 38.5 Å². The average Bonchev–Trinajstić information content (AvgIpc) is 3.27. The summed E-state index contributed by atoms with van der Waals surface area (Å²) in [6, 6.07) is 28.1. The van der Waals surface area contributed by atoms with Crippen molar-refractivity contribution in [3.8, 4) is 11.1 Å². The first kappa shape index (κ1) is 27.8. The molecule has 0 amide bonds. The molecule has 0 N–H and O–H groups in total. The van der Waals surface area contributed by atoms with Crippen LogP contribution in [-0.2, 0) is 0 Å². The number of halogens is 1. The minimum atomic E-state index is -0.836. The fourth-order valence-corrected chi connectivity index (χ4v) is 6.45. The van der Waals surface area contributed by atoms with Crippen molar-refractivity contribution in [3.05, 3.63) is 142 Å². The van der Waals surface area contributed by atoms with Crippen molar-refractivity contribution in [2.24, 2.45) is 0 Å². The van der Waals surface area contributed by atoms with Crippen molar-refractivity contribution in [3.63, 3.8) is 0 Å². The van der Waals surface area contributed by atoms with E-state index >= 15 is 0 Å². The van der Waals surface area contributed by atoms with Crippen LogP contribution in [0, 0.1) is 40.8 Å². The molecule has 10 nitrogen and oxygen atoms in total. The van der Waals surface area contributed by atoms with Crippen LogP contribution in [0.25, 0.3) is 43.4 Å². The van der Waals surface area contributed by atoms with Crippen LogP contribution < -0.4 is 0 Å². The Morgan fingerprint density at radius 1 is 0.605 bits per heavy atom. The fraction of sp³-hybridized carbons (Fsp3) is 0.0312. The number of hydrogen-bond donors (Lipinski definition) is 0. The van der Waals surface area contributed by atoms with Gasteiger partial charge >= 0.3 is 0 Å². The summed E-state index contributed by atoms with van der Waals surface area (Å²) in [5.74, 6) is -0.714. The summed E-state index contributed by atoms with van der Waals surface area (Å²) in [7, 11) is 0. The number of aryl methyl sites for hydroxylation is 1. The molecule has 210 valence electrons. The van der Waals surface area contributed by atoms with E-state index in [1.54, 1.807) is 22.6 Å². The fourth-order valence-electron chi connectivity index (χ4n) is 5.57. The highest BCUT2D eigenvalue weighted by atomic mass is 127. The number of carbonyl (C=O) groups excluding carboxylic acids is 1. The molecule has 0 unspecified atom stereocenters. The first-order valence-corrected chi connectivity index (χ1v) is 13.9. The standard InChI is InChI=1S/C19H14.C13H4IN3O7/c1-13-5-4-8-14-9-10-17-11-15-6-2-3-7-16(15)12-18(17)19(13)14;14-9-3-5(15(19)20)1-7-11(9)12-8(13(7)18)2-6(16(21)22)4-10(12)17(23)24/h2-12H,1H3;1-4H. The number of nitro groups is 3. The van der Waals surface area contributed by atoms with Crippen LogP contribution in [0.4, 0.5) is 17.1 Å². The summed E-state index contributed by atoms with van der Waals surface area (Å²) < 4.78 is 0.279. The SMILES string of the molecule is Cc1cccc2ccc3cc4ccccc4cc3c12.O=C1c2cc([N+](=O)[O-])cc(I)c2-c2c1cc([N+](=O)[O-])cc2[N+](=O)[O-]. The maximum absolute atomic E-state index is 12.5. The third-order valence-corrected chi connectivity index (χ3v) is 8.32. The van der Waals surface area contributed by atoms with E-state index in [1.807, 2.05) is 0 Å². The van der Waals surface area contributed by atoms with Crippen molar-refractivity contribution in [2.75, 3.05) is 0 Å². The molecular formula is C32H18IN3O7. The third-order valence-electron chi connectivity index (χ3n) is 7.47. The molecule has 6 aromatic carbocycles. The highest BCUT2D eigenvalue weighted by Gasteiger charge is 2.38. The van der Waals surface area contributed by atoms with Gasteiger partial charge in [0.1, 0.15) is 0 Å². The van der Waals surface area contributed by atoms with Gasteiger partial charge in [0.15, 0.2) is 5.78 Å². The number of benzene rings is 6. The Kier molecular flexibility index (Phi) is 6.81. The van der Waals surface area contributed by atoms with Crippen molar-refractivity contribution in [2.45, 2.75) is 6.92 Å². The zero-order valence-corrected chi connectivity index (χ0v) is 24.4.